The lowest BCUT2D eigenvalue weighted by Gasteiger charge is -2.08. The molecule has 0 saturated heterocycles. The number of unbranched alkanes of at least 4 members (excludes halogenated alkanes) is 1. The summed E-state index contributed by atoms with van der Waals surface area (Å²) in [7, 11) is 0. The van der Waals surface area contributed by atoms with Crippen molar-refractivity contribution < 1.29 is 29.0 Å². The number of benzene rings is 2. The predicted octanol–water partition coefficient (Wildman–Crippen LogP) is 2.93. The summed E-state index contributed by atoms with van der Waals surface area (Å²) < 4.78 is 10.1. The maximum absolute atomic E-state index is 11.9. The molecule has 0 heterocycles. The third-order valence-electron chi connectivity index (χ3n) is 3.84. The number of aliphatic hydroxyl groups excluding tert-OH is 1. The molecule has 2 N–H and O–H groups in total. The molecule has 7 heteroatoms. The standard InChI is InChI=1S/C21H23NO6/c1-2-3-12-27-20(25)17-8-10-18(11-9-17)22-19(24)14-28-21(26)16-6-4-15(13-23)5-7-16/h4-11,23H,2-3,12-14H2,1H3,(H,22,24). The molecule has 7 nitrogen and oxygen atoms in total. The summed E-state index contributed by atoms with van der Waals surface area (Å²) in [5.41, 5.74) is 1.83. The molecule has 0 aliphatic carbocycles. The van der Waals surface area contributed by atoms with Crippen LogP contribution in [0.15, 0.2) is 48.5 Å². The van der Waals surface area contributed by atoms with Crippen molar-refractivity contribution in [1.29, 1.82) is 0 Å². The Bertz CT molecular complexity index is 799. The van der Waals surface area contributed by atoms with Crippen LogP contribution >= 0.6 is 0 Å². The zero-order valence-electron chi connectivity index (χ0n) is 15.6. The molecule has 2 rings (SSSR count). The molecule has 0 aromatic heterocycles. The number of aliphatic hydroxyl groups is 1. The molecule has 1 amide bonds. The molecule has 0 bridgehead atoms. The van der Waals surface area contributed by atoms with E-state index in [9.17, 15) is 14.4 Å². The number of rotatable bonds is 9. The van der Waals surface area contributed by atoms with Crippen LogP contribution in [-0.4, -0.2) is 36.2 Å². The molecular formula is C21H23NO6. The lowest BCUT2D eigenvalue weighted by Crippen LogP contribution is -2.21. The van der Waals surface area contributed by atoms with Gasteiger partial charge >= 0.3 is 11.9 Å². The quantitative estimate of drug-likeness (QED) is 0.508. The minimum absolute atomic E-state index is 0.118. The number of nitrogens with one attached hydrogen (secondary N) is 1. The first-order chi connectivity index (χ1) is 13.5. The summed E-state index contributed by atoms with van der Waals surface area (Å²) in [5.74, 6) is -1.55. The van der Waals surface area contributed by atoms with Crippen molar-refractivity contribution in [3.63, 3.8) is 0 Å². The first-order valence-electron chi connectivity index (χ1n) is 8.97. The highest BCUT2D eigenvalue weighted by atomic mass is 16.5. The number of carbonyl (C=O) groups is 3. The van der Waals surface area contributed by atoms with Crippen LogP contribution < -0.4 is 5.32 Å². The van der Waals surface area contributed by atoms with Crippen molar-refractivity contribution in [2.45, 2.75) is 26.4 Å². The monoisotopic (exact) mass is 385 g/mol. The second-order valence-electron chi connectivity index (χ2n) is 6.05. The van der Waals surface area contributed by atoms with Gasteiger partial charge in [-0.05, 0) is 48.4 Å². The van der Waals surface area contributed by atoms with Crippen molar-refractivity contribution in [3.8, 4) is 0 Å². The molecule has 0 fully saturated rings. The summed E-state index contributed by atoms with van der Waals surface area (Å²) in [4.78, 5) is 35.7. The van der Waals surface area contributed by atoms with Crippen LogP contribution in [0.2, 0.25) is 0 Å². The van der Waals surface area contributed by atoms with Crippen LogP contribution in [-0.2, 0) is 20.9 Å². The Balaban J connectivity index is 1.80. The summed E-state index contributed by atoms with van der Waals surface area (Å²) in [5, 5.41) is 11.6. The zero-order valence-corrected chi connectivity index (χ0v) is 15.6. The largest absolute Gasteiger partial charge is 0.462 e. The summed E-state index contributed by atoms with van der Waals surface area (Å²) in [6, 6.07) is 12.5. The highest BCUT2D eigenvalue weighted by Gasteiger charge is 2.11. The molecule has 0 unspecified atom stereocenters. The van der Waals surface area contributed by atoms with E-state index in [1.165, 1.54) is 12.1 Å². The van der Waals surface area contributed by atoms with Gasteiger partial charge in [0.25, 0.3) is 5.91 Å². The van der Waals surface area contributed by atoms with Gasteiger partial charge in [-0.2, -0.15) is 0 Å². The fraction of sp³-hybridized carbons (Fsp3) is 0.286. The molecule has 28 heavy (non-hydrogen) atoms. The molecular weight excluding hydrogens is 362 g/mol. The summed E-state index contributed by atoms with van der Waals surface area (Å²) in [6.07, 6.45) is 1.75. The van der Waals surface area contributed by atoms with Gasteiger partial charge in [0.1, 0.15) is 0 Å². The van der Waals surface area contributed by atoms with E-state index < -0.39 is 24.5 Å². The minimum Gasteiger partial charge on any atom is -0.462 e. The Morgan fingerprint density at radius 1 is 0.893 bits per heavy atom. The van der Waals surface area contributed by atoms with Crippen molar-refractivity contribution >= 4 is 23.5 Å². The first-order valence-corrected chi connectivity index (χ1v) is 8.97. The van der Waals surface area contributed by atoms with E-state index in [-0.39, 0.29) is 12.2 Å². The molecule has 2 aromatic carbocycles. The Hall–Kier alpha value is -3.19. The van der Waals surface area contributed by atoms with Gasteiger partial charge in [0, 0.05) is 5.69 Å². The number of carbonyl (C=O) groups excluding carboxylic acids is 3. The number of amides is 1. The van der Waals surface area contributed by atoms with Crippen LogP contribution in [0, 0.1) is 0 Å². The lowest BCUT2D eigenvalue weighted by atomic mass is 10.1. The van der Waals surface area contributed by atoms with Crippen LogP contribution in [0.3, 0.4) is 0 Å². The smallest absolute Gasteiger partial charge is 0.338 e. The average molecular weight is 385 g/mol. The molecule has 148 valence electrons. The van der Waals surface area contributed by atoms with E-state index in [1.54, 1.807) is 36.4 Å². The second kappa shape index (κ2) is 10.8. The van der Waals surface area contributed by atoms with E-state index in [2.05, 4.69) is 5.32 Å². The van der Waals surface area contributed by atoms with Gasteiger partial charge in [0.05, 0.1) is 24.3 Å². The minimum atomic E-state index is -0.634. The third kappa shape index (κ3) is 6.51. The predicted molar refractivity (Wildman–Crippen MR) is 103 cm³/mol. The molecule has 0 aliphatic heterocycles. The van der Waals surface area contributed by atoms with Crippen molar-refractivity contribution in [1.82, 2.24) is 0 Å². The number of anilines is 1. The molecule has 0 spiro atoms. The van der Waals surface area contributed by atoms with E-state index >= 15 is 0 Å². The number of hydrogen-bond donors (Lipinski definition) is 2. The van der Waals surface area contributed by atoms with Crippen molar-refractivity contribution in [3.05, 3.63) is 65.2 Å². The van der Waals surface area contributed by atoms with Gasteiger partial charge in [-0.1, -0.05) is 25.5 Å². The third-order valence-corrected chi connectivity index (χ3v) is 3.84. The molecule has 0 radical (unpaired) electrons. The molecule has 0 saturated carbocycles. The van der Waals surface area contributed by atoms with E-state index in [1.807, 2.05) is 6.92 Å². The second-order valence-corrected chi connectivity index (χ2v) is 6.05. The lowest BCUT2D eigenvalue weighted by molar-refractivity contribution is -0.119. The zero-order chi connectivity index (χ0) is 20.4. The van der Waals surface area contributed by atoms with Gasteiger partial charge in [-0.3, -0.25) is 4.79 Å². The van der Waals surface area contributed by atoms with Crippen LogP contribution in [0.1, 0.15) is 46.0 Å². The molecule has 0 atom stereocenters. The Kier molecular flexibility index (Phi) is 8.17. The maximum atomic E-state index is 11.9. The van der Waals surface area contributed by atoms with Gasteiger partial charge in [0.2, 0.25) is 0 Å². The average Bonchev–Trinajstić information content (AvgIpc) is 2.72. The van der Waals surface area contributed by atoms with Crippen LogP contribution in [0.5, 0.6) is 0 Å². The highest BCUT2D eigenvalue weighted by Crippen LogP contribution is 2.11. The van der Waals surface area contributed by atoms with Crippen molar-refractivity contribution in [2.24, 2.45) is 0 Å². The van der Waals surface area contributed by atoms with E-state index in [4.69, 9.17) is 14.6 Å². The van der Waals surface area contributed by atoms with Crippen LogP contribution in [0.4, 0.5) is 5.69 Å². The molecule has 2 aromatic rings. The Labute approximate surface area is 163 Å². The fourth-order valence-electron chi connectivity index (χ4n) is 2.24. The van der Waals surface area contributed by atoms with E-state index in [0.29, 0.717) is 23.4 Å². The molecule has 0 aliphatic rings. The number of hydrogen-bond acceptors (Lipinski definition) is 6. The van der Waals surface area contributed by atoms with Crippen molar-refractivity contribution in [2.75, 3.05) is 18.5 Å². The Morgan fingerprint density at radius 2 is 1.46 bits per heavy atom. The number of ether oxygens (including phenoxy) is 2. The van der Waals surface area contributed by atoms with Gasteiger partial charge in [-0.25, -0.2) is 9.59 Å². The first kappa shape index (κ1) is 21.1. The van der Waals surface area contributed by atoms with Crippen LogP contribution in [0.25, 0.3) is 0 Å². The van der Waals surface area contributed by atoms with Gasteiger partial charge in [-0.15, -0.1) is 0 Å². The van der Waals surface area contributed by atoms with Gasteiger partial charge in [0.15, 0.2) is 6.61 Å². The highest BCUT2D eigenvalue weighted by molar-refractivity contribution is 5.96. The fourth-order valence-corrected chi connectivity index (χ4v) is 2.24. The topological polar surface area (TPSA) is 102 Å². The summed E-state index contributed by atoms with van der Waals surface area (Å²) in [6.45, 7) is 1.83. The van der Waals surface area contributed by atoms with Gasteiger partial charge < -0.3 is 19.9 Å². The summed E-state index contributed by atoms with van der Waals surface area (Å²) >= 11 is 0. The normalized spacial score (nSPS) is 10.2. The van der Waals surface area contributed by atoms with E-state index in [0.717, 1.165) is 12.8 Å². The number of esters is 2. The maximum Gasteiger partial charge on any atom is 0.338 e. The Morgan fingerprint density at radius 3 is 2.04 bits per heavy atom. The SMILES string of the molecule is CCCCOC(=O)c1ccc(NC(=O)COC(=O)c2ccc(CO)cc2)cc1.